The van der Waals surface area contributed by atoms with E-state index in [2.05, 4.69) is 22.2 Å². The van der Waals surface area contributed by atoms with Gasteiger partial charge in [-0.2, -0.15) is 0 Å². The minimum Gasteiger partial charge on any atom is -0.378 e. The number of thiophene rings is 1. The summed E-state index contributed by atoms with van der Waals surface area (Å²) in [5, 5.41) is 5.34. The largest absolute Gasteiger partial charge is 0.378 e. The number of aromatic amines is 1. The fourth-order valence-electron chi connectivity index (χ4n) is 2.43. The number of hydrogen-bond acceptors (Lipinski definition) is 5. The molecule has 2 aromatic rings. The number of ether oxygens (including phenoxy) is 1. The van der Waals surface area contributed by atoms with Crippen LogP contribution in [0.5, 0.6) is 0 Å². The Morgan fingerprint density at radius 2 is 2.53 bits per heavy atom. The Hall–Kier alpha value is -1.24. The van der Waals surface area contributed by atoms with Crippen molar-refractivity contribution in [3.8, 4) is 0 Å². The molecule has 19 heavy (non-hydrogen) atoms. The normalized spacial score (nSPS) is 23.8. The third kappa shape index (κ3) is 2.86. The molecule has 5 nitrogen and oxygen atoms in total. The molecule has 1 fully saturated rings. The van der Waals surface area contributed by atoms with Crippen LogP contribution in [0.3, 0.4) is 0 Å². The number of nitrogens with zero attached hydrogens (tertiary/aromatic N) is 1. The highest BCUT2D eigenvalue weighted by atomic mass is 32.1. The predicted octanol–water partition coefficient (Wildman–Crippen LogP) is 1.64. The van der Waals surface area contributed by atoms with E-state index < -0.39 is 0 Å². The van der Waals surface area contributed by atoms with Crippen molar-refractivity contribution in [3.05, 3.63) is 27.6 Å². The predicted molar refractivity (Wildman–Crippen MR) is 75.5 cm³/mol. The lowest BCUT2D eigenvalue weighted by Crippen LogP contribution is -2.38. The Morgan fingerprint density at radius 1 is 1.63 bits per heavy atom. The molecule has 2 atom stereocenters. The van der Waals surface area contributed by atoms with Gasteiger partial charge >= 0.3 is 0 Å². The van der Waals surface area contributed by atoms with Crippen molar-refractivity contribution in [1.82, 2.24) is 15.3 Å². The van der Waals surface area contributed by atoms with Crippen molar-refractivity contribution in [1.29, 1.82) is 0 Å². The first-order valence-corrected chi connectivity index (χ1v) is 7.42. The Labute approximate surface area is 115 Å². The lowest BCUT2D eigenvalue weighted by Gasteiger charge is -2.27. The van der Waals surface area contributed by atoms with E-state index in [9.17, 15) is 4.79 Å². The second-order valence-electron chi connectivity index (χ2n) is 4.93. The van der Waals surface area contributed by atoms with Gasteiger partial charge in [0, 0.05) is 12.6 Å². The molecule has 6 heteroatoms. The standard InChI is InChI=1S/C13H17N3O2S/c1-8-6-9(2-4-18-8)14-7-11-15-10-3-5-19-12(10)13(17)16-11/h3,5,8-9,14H,2,4,6-7H2,1H3,(H,15,16,17). The molecule has 2 unspecified atom stereocenters. The number of hydrogen-bond donors (Lipinski definition) is 2. The summed E-state index contributed by atoms with van der Waals surface area (Å²) in [5.41, 5.74) is 0.739. The number of rotatable bonds is 3. The van der Waals surface area contributed by atoms with Crippen molar-refractivity contribution in [2.24, 2.45) is 0 Å². The van der Waals surface area contributed by atoms with Crippen LogP contribution in [0.15, 0.2) is 16.2 Å². The summed E-state index contributed by atoms with van der Waals surface area (Å²) >= 11 is 1.43. The molecule has 1 aliphatic rings. The van der Waals surface area contributed by atoms with Crippen LogP contribution in [0.25, 0.3) is 10.2 Å². The van der Waals surface area contributed by atoms with E-state index in [1.165, 1.54) is 11.3 Å². The van der Waals surface area contributed by atoms with Crippen molar-refractivity contribution < 1.29 is 4.74 Å². The fourth-order valence-corrected chi connectivity index (χ4v) is 3.16. The maximum Gasteiger partial charge on any atom is 0.268 e. The molecule has 0 saturated carbocycles. The molecule has 0 amide bonds. The second-order valence-corrected chi connectivity index (χ2v) is 5.85. The minimum absolute atomic E-state index is 0.0443. The van der Waals surface area contributed by atoms with Crippen LogP contribution in [-0.2, 0) is 11.3 Å². The van der Waals surface area contributed by atoms with Gasteiger partial charge < -0.3 is 15.0 Å². The zero-order valence-electron chi connectivity index (χ0n) is 10.8. The zero-order valence-corrected chi connectivity index (χ0v) is 11.6. The van der Waals surface area contributed by atoms with Gasteiger partial charge in [-0.25, -0.2) is 4.98 Å². The monoisotopic (exact) mass is 279 g/mol. The summed E-state index contributed by atoms with van der Waals surface area (Å²) in [5.74, 6) is 0.704. The van der Waals surface area contributed by atoms with Crippen molar-refractivity contribution in [3.63, 3.8) is 0 Å². The molecule has 3 rings (SSSR count). The molecule has 0 spiro atoms. The van der Waals surface area contributed by atoms with E-state index in [1.807, 2.05) is 11.4 Å². The van der Waals surface area contributed by atoms with Crippen molar-refractivity contribution in [2.75, 3.05) is 6.61 Å². The van der Waals surface area contributed by atoms with E-state index in [-0.39, 0.29) is 5.56 Å². The number of H-pyrrole nitrogens is 1. The molecule has 3 heterocycles. The van der Waals surface area contributed by atoms with Crippen LogP contribution in [0.2, 0.25) is 0 Å². The Kier molecular flexibility index (Phi) is 3.63. The molecule has 102 valence electrons. The third-order valence-corrected chi connectivity index (χ3v) is 4.31. The van der Waals surface area contributed by atoms with Gasteiger partial charge in [0.1, 0.15) is 10.5 Å². The molecule has 0 aliphatic carbocycles. The van der Waals surface area contributed by atoms with Crippen LogP contribution in [0, 0.1) is 0 Å². The molecular formula is C13H17N3O2S. The summed E-state index contributed by atoms with van der Waals surface area (Å²) in [6.07, 6.45) is 2.32. The first-order valence-electron chi connectivity index (χ1n) is 6.54. The highest BCUT2D eigenvalue weighted by Gasteiger charge is 2.18. The van der Waals surface area contributed by atoms with Gasteiger partial charge in [0.05, 0.1) is 18.2 Å². The lowest BCUT2D eigenvalue weighted by molar-refractivity contribution is 0.0129. The van der Waals surface area contributed by atoms with E-state index in [4.69, 9.17) is 4.74 Å². The average Bonchev–Trinajstić information content (AvgIpc) is 2.85. The van der Waals surface area contributed by atoms with Crippen LogP contribution >= 0.6 is 11.3 Å². The smallest absolute Gasteiger partial charge is 0.268 e. The molecule has 0 aromatic carbocycles. The quantitative estimate of drug-likeness (QED) is 0.896. The zero-order chi connectivity index (χ0) is 13.2. The number of nitrogens with one attached hydrogen (secondary N) is 2. The first kappa shape index (κ1) is 12.8. The average molecular weight is 279 g/mol. The van der Waals surface area contributed by atoms with Gasteiger partial charge in [-0.15, -0.1) is 11.3 Å². The minimum atomic E-state index is -0.0443. The molecular weight excluding hydrogens is 262 g/mol. The number of aromatic nitrogens is 2. The van der Waals surface area contributed by atoms with E-state index >= 15 is 0 Å². The topological polar surface area (TPSA) is 67.0 Å². The Balaban J connectivity index is 1.69. The van der Waals surface area contributed by atoms with E-state index in [0.717, 1.165) is 25.0 Å². The number of fused-ring (bicyclic) bond motifs is 1. The molecule has 1 aliphatic heterocycles. The maximum absolute atomic E-state index is 11.8. The lowest BCUT2D eigenvalue weighted by atomic mass is 10.0. The third-order valence-electron chi connectivity index (χ3n) is 3.41. The summed E-state index contributed by atoms with van der Waals surface area (Å²) in [6.45, 7) is 3.48. The molecule has 2 aromatic heterocycles. The molecule has 0 radical (unpaired) electrons. The van der Waals surface area contributed by atoms with Crippen LogP contribution in [0.1, 0.15) is 25.6 Å². The van der Waals surface area contributed by atoms with Gasteiger partial charge in [0.25, 0.3) is 5.56 Å². The van der Waals surface area contributed by atoms with Gasteiger partial charge in [-0.1, -0.05) is 0 Å². The van der Waals surface area contributed by atoms with Crippen LogP contribution < -0.4 is 10.9 Å². The summed E-state index contributed by atoms with van der Waals surface area (Å²) in [6, 6.07) is 2.32. The second kappa shape index (κ2) is 5.40. The van der Waals surface area contributed by atoms with E-state index in [0.29, 0.717) is 29.2 Å². The fraction of sp³-hybridized carbons (Fsp3) is 0.538. The summed E-state index contributed by atoms with van der Waals surface area (Å²) < 4.78 is 6.21. The van der Waals surface area contributed by atoms with E-state index in [1.54, 1.807) is 0 Å². The van der Waals surface area contributed by atoms with Crippen molar-refractivity contribution in [2.45, 2.75) is 38.5 Å². The van der Waals surface area contributed by atoms with Gasteiger partial charge in [0.15, 0.2) is 0 Å². The van der Waals surface area contributed by atoms with Crippen LogP contribution in [-0.4, -0.2) is 28.7 Å². The van der Waals surface area contributed by atoms with Gasteiger partial charge in [0.2, 0.25) is 0 Å². The highest BCUT2D eigenvalue weighted by Crippen LogP contribution is 2.15. The Bertz CT molecular complexity index is 622. The summed E-state index contributed by atoms with van der Waals surface area (Å²) in [4.78, 5) is 19.1. The van der Waals surface area contributed by atoms with Crippen LogP contribution in [0.4, 0.5) is 0 Å². The SMILES string of the molecule is CC1CC(NCc2nc3ccsc3c(=O)[nH]2)CCO1. The van der Waals surface area contributed by atoms with Crippen molar-refractivity contribution >= 4 is 21.6 Å². The molecule has 2 N–H and O–H groups in total. The first-order chi connectivity index (χ1) is 9.22. The maximum atomic E-state index is 11.8. The highest BCUT2D eigenvalue weighted by molar-refractivity contribution is 7.17. The summed E-state index contributed by atoms with van der Waals surface area (Å²) in [7, 11) is 0. The molecule has 1 saturated heterocycles. The molecule has 0 bridgehead atoms. The van der Waals surface area contributed by atoms with Gasteiger partial charge in [-0.3, -0.25) is 4.79 Å². The van der Waals surface area contributed by atoms with Gasteiger partial charge in [-0.05, 0) is 31.2 Å². The Morgan fingerprint density at radius 3 is 3.37 bits per heavy atom.